The molecular weight excluding hydrogens is 398 g/mol. The lowest BCUT2D eigenvalue weighted by molar-refractivity contribution is -0.115. The van der Waals surface area contributed by atoms with Gasteiger partial charge in [-0.3, -0.25) is 9.36 Å². The summed E-state index contributed by atoms with van der Waals surface area (Å²) in [6.07, 6.45) is 4.57. The van der Waals surface area contributed by atoms with Crippen LogP contribution in [-0.2, 0) is 11.2 Å². The van der Waals surface area contributed by atoms with Crippen LogP contribution in [0.5, 0.6) is 11.5 Å². The van der Waals surface area contributed by atoms with Crippen molar-refractivity contribution in [2.24, 2.45) is 0 Å². The maximum Gasteiger partial charge on any atom is 0.228 e. The number of hydrogen-bond acceptors (Lipinski definition) is 4. The van der Waals surface area contributed by atoms with Gasteiger partial charge in [-0.1, -0.05) is 17.7 Å². The highest BCUT2D eigenvalue weighted by Gasteiger charge is 2.17. The molecule has 0 radical (unpaired) electrons. The topological polar surface area (TPSA) is 68.3 Å². The molecule has 0 aliphatic carbocycles. The van der Waals surface area contributed by atoms with Crippen molar-refractivity contribution in [3.63, 3.8) is 0 Å². The molecule has 2 N–H and O–H groups in total. The average molecular weight is 416 g/mol. The van der Waals surface area contributed by atoms with Crippen LogP contribution in [0.15, 0.2) is 48.8 Å². The molecule has 0 spiro atoms. The lowest BCUT2D eigenvalue weighted by Gasteiger charge is -2.12. The van der Waals surface area contributed by atoms with Gasteiger partial charge < -0.3 is 19.8 Å². The maximum atomic E-state index is 12.5. The van der Waals surface area contributed by atoms with Crippen LogP contribution in [0.3, 0.4) is 0 Å². The van der Waals surface area contributed by atoms with E-state index in [1.165, 1.54) is 0 Å². The summed E-state index contributed by atoms with van der Waals surface area (Å²) >= 11 is 11.5. The number of nitrogens with zero attached hydrogens (tertiary/aromatic N) is 1. The van der Waals surface area contributed by atoms with Crippen molar-refractivity contribution >= 4 is 35.4 Å². The largest absolute Gasteiger partial charge is 0.489 e. The third-order valence-electron chi connectivity index (χ3n) is 4.28. The van der Waals surface area contributed by atoms with Gasteiger partial charge >= 0.3 is 0 Å². The maximum absolute atomic E-state index is 12.5. The fourth-order valence-corrected chi connectivity index (χ4v) is 3.56. The van der Waals surface area contributed by atoms with Gasteiger partial charge in [0.05, 0.1) is 24.7 Å². The van der Waals surface area contributed by atoms with Crippen LogP contribution in [0.1, 0.15) is 12.0 Å². The van der Waals surface area contributed by atoms with Crippen molar-refractivity contribution < 1.29 is 14.3 Å². The van der Waals surface area contributed by atoms with Gasteiger partial charge in [-0.25, -0.2) is 0 Å². The van der Waals surface area contributed by atoms with Gasteiger partial charge in [-0.15, -0.1) is 0 Å². The molecule has 0 atom stereocenters. The van der Waals surface area contributed by atoms with Crippen LogP contribution >= 0.6 is 23.8 Å². The Hall–Kier alpha value is -2.77. The number of aromatic nitrogens is 2. The molecule has 1 amide bonds. The quantitative estimate of drug-likeness (QED) is 0.614. The van der Waals surface area contributed by atoms with Crippen LogP contribution in [0, 0.1) is 4.77 Å². The van der Waals surface area contributed by atoms with E-state index < -0.39 is 0 Å². The molecule has 2 heterocycles. The van der Waals surface area contributed by atoms with Gasteiger partial charge in [0.2, 0.25) is 5.91 Å². The van der Waals surface area contributed by atoms with E-state index >= 15 is 0 Å². The minimum Gasteiger partial charge on any atom is -0.489 e. The van der Waals surface area contributed by atoms with Gasteiger partial charge in [0.15, 0.2) is 16.3 Å². The van der Waals surface area contributed by atoms with Gasteiger partial charge in [0, 0.05) is 30.2 Å². The van der Waals surface area contributed by atoms with Gasteiger partial charge in [0.1, 0.15) is 0 Å². The highest BCUT2D eigenvalue weighted by atomic mass is 35.5. The summed E-state index contributed by atoms with van der Waals surface area (Å²) in [5, 5.41) is 3.36. The smallest absolute Gasteiger partial charge is 0.228 e. The molecule has 8 heteroatoms. The Morgan fingerprint density at radius 1 is 1.25 bits per heavy atom. The standard InChI is InChI=1S/C20H18ClN3O3S/c21-16-9-13(10-17-19(16)27-8-2-7-26-17)11-18(25)23-14-3-1-4-15(12-14)24-6-5-22-20(24)28/h1,3-6,9-10,12H,2,7-8,11H2,(H,22,28)(H,23,25). The van der Waals surface area contributed by atoms with Crippen molar-refractivity contribution in [3.05, 3.63) is 64.1 Å². The number of ether oxygens (including phenoxy) is 2. The van der Waals surface area contributed by atoms with Gasteiger partial charge in [-0.05, 0) is 48.1 Å². The van der Waals surface area contributed by atoms with E-state index in [9.17, 15) is 4.79 Å². The number of benzene rings is 2. The number of rotatable bonds is 4. The number of carbonyl (C=O) groups is 1. The predicted molar refractivity (Wildman–Crippen MR) is 110 cm³/mol. The molecule has 0 unspecified atom stereocenters. The zero-order chi connectivity index (χ0) is 19.5. The minimum atomic E-state index is -0.152. The molecule has 1 aromatic heterocycles. The first-order valence-corrected chi connectivity index (χ1v) is 9.63. The first kappa shape index (κ1) is 18.6. The number of carbonyl (C=O) groups excluding carboxylic acids is 1. The zero-order valence-electron chi connectivity index (χ0n) is 14.9. The first-order chi connectivity index (χ1) is 13.6. The van der Waals surface area contributed by atoms with E-state index in [4.69, 9.17) is 33.3 Å². The van der Waals surface area contributed by atoms with Crippen LogP contribution < -0.4 is 14.8 Å². The number of nitrogens with one attached hydrogen (secondary N) is 2. The summed E-state index contributed by atoms with van der Waals surface area (Å²) in [5.74, 6) is 0.969. The molecule has 4 rings (SSSR count). The van der Waals surface area contributed by atoms with Crippen molar-refractivity contribution in [1.29, 1.82) is 0 Å². The summed E-state index contributed by atoms with van der Waals surface area (Å²) in [6, 6.07) is 11.0. The molecule has 3 aromatic rings. The summed E-state index contributed by atoms with van der Waals surface area (Å²) < 4.78 is 13.7. The molecule has 2 aromatic carbocycles. The van der Waals surface area contributed by atoms with Crippen molar-refractivity contribution in [2.75, 3.05) is 18.5 Å². The van der Waals surface area contributed by atoms with Crippen molar-refractivity contribution in [3.8, 4) is 17.2 Å². The molecule has 0 saturated heterocycles. The minimum absolute atomic E-state index is 0.152. The molecule has 0 fully saturated rings. The molecule has 144 valence electrons. The monoisotopic (exact) mass is 415 g/mol. The Labute approximate surface area is 172 Å². The normalized spacial score (nSPS) is 13.0. The van der Waals surface area contributed by atoms with E-state index in [0.717, 1.165) is 17.7 Å². The number of aromatic amines is 1. The Bertz CT molecular complexity index is 1080. The van der Waals surface area contributed by atoms with Crippen LogP contribution in [0.2, 0.25) is 5.02 Å². The number of imidazole rings is 1. The summed E-state index contributed by atoms with van der Waals surface area (Å²) in [6.45, 7) is 1.13. The van der Waals surface area contributed by atoms with Crippen LogP contribution in [0.25, 0.3) is 5.69 Å². The SMILES string of the molecule is O=C(Cc1cc(Cl)c2c(c1)OCCCO2)Nc1cccc(-n2cc[nH]c2=S)c1. The van der Waals surface area contributed by atoms with E-state index in [1.807, 2.05) is 41.1 Å². The zero-order valence-corrected chi connectivity index (χ0v) is 16.5. The summed E-state index contributed by atoms with van der Waals surface area (Å²) in [7, 11) is 0. The summed E-state index contributed by atoms with van der Waals surface area (Å²) in [5.41, 5.74) is 2.31. The second-order valence-electron chi connectivity index (χ2n) is 6.37. The Morgan fingerprint density at radius 2 is 2.11 bits per heavy atom. The van der Waals surface area contributed by atoms with Crippen molar-refractivity contribution in [1.82, 2.24) is 9.55 Å². The van der Waals surface area contributed by atoms with Gasteiger partial charge in [0.25, 0.3) is 0 Å². The molecule has 6 nitrogen and oxygen atoms in total. The van der Waals surface area contributed by atoms with E-state index in [0.29, 0.717) is 40.2 Å². The number of amides is 1. The third kappa shape index (κ3) is 4.05. The number of fused-ring (bicyclic) bond motifs is 1. The molecule has 0 saturated carbocycles. The fourth-order valence-electron chi connectivity index (χ4n) is 3.03. The van der Waals surface area contributed by atoms with E-state index in [1.54, 1.807) is 12.3 Å². The Morgan fingerprint density at radius 3 is 2.93 bits per heavy atom. The lowest BCUT2D eigenvalue weighted by Crippen LogP contribution is -2.14. The Balaban J connectivity index is 1.49. The second-order valence-corrected chi connectivity index (χ2v) is 7.16. The number of halogens is 1. The molecular formula is C20H18ClN3O3S. The second kappa shape index (κ2) is 8.08. The first-order valence-electron chi connectivity index (χ1n) is 8.84. The molecule has 1 aliphatic heterocycles. The van der Waals surface area contributed by atoms with E-state index in [2.05, 4.69) is 10.3 Å². The van der Waals surface area contributed by atoms with E-state index in [-0.39, 0.29) is 12.3 Å². The van der Waals surface area contributed by atoms with Crippen LogP contribution in [-0.4, -0.2) is 28.7 Å². The number of H-pyrrole nitrogens is 1. The molecule has 1 aliphatic rings. The predicted octanol–water partition coefficient (Wildman–Crippen LogP) is 4.53. The highest BCUT2D eigenvalue weighted by molar-refractivity contribution is 7.71. The molecule has 0 bridgehead atoms. The highest BCUT2D eigenvalue weighted by Crippen LogP contribution is 2.38. The van der Waals surface area contributed by atoms with Gasteiger partial charge in [-0.2, -0.15) is 0 Å². The number of hydrogen-bond donors (Lipinski definition) is 2. The fraction of sp³-hybridized carbons (Fsp3) is 0.200. The molecule has 28 heavy (non-hydrogen) atoms. The Kier molecular flexibility index (Phi) is 5.36. The number of anilines is 1. The third-order valence-corrected chi connectivity index (χ3v) is 4.88. The van der Waals surface area contributed by atoms with Crippen molar-refractivity contribution in [2.45, 2.75) is 12.8 Å². The van der Waals surface area contributed by atoms with Crippen LogP contribution in [0.4, 0.5) is 5.69 Å². The summed E-state index contributed by atoms with van der Waals surface area (Å²) in [4.78, 5) is 15.5. The average Bonchev–Trinajstić information content (AvgIpc) is 2.94. The lowest BCUT2D eigenvalue weighted by atomic mass is 10.1.